The van der Waals surface area contributed by atoms with Crippen LogP contribution >= 0.6 is 0 Å². The summed E-state index contributed by atoms with van der Waals surface area (Å²) in [4.78, 5) is 21.5. The summed E-state index contributed by atoms with van der Waals surface area (Å²) >= 11 is 0. The van der Waals surface area contributed by atoms with Crippen LogP contribution in [-0.4, -0.2) is 30.4 Å². The lowest BCUT2D eigenvalue weighted by atomic mass is 10.4. The summed E-state index contributed by atoms with van der Waals surface area (Å²) in [5.74, 6) is 0.0148. The fraction of sp³-hybridized carbons (Fsp3) is 0.300. The zero-order valence-electron chi connectivity index (χ0n) is 10.2. The zero-order valence-corrected chi connectivity index (χ0v) is 10.2. The molecule has 2 aromatic heterocycles. The summed E-state index contributed by atoms with van der Waals surface area (Å²) in [6, 6.07) is 2.97. The molecule has 0 unspecified atom stereocenters. The Hall–Kier alpha value is -2.71. The third-order valence-corrected chi connectivity index (χ3v) is 2.36. The molecule has 9 nitrogen and oxygen atoms in total. The maximum absolute atomic E-state index is 11.6. The van der Waals surface area contributed by atoms with Gasteiger partial charge in [0, 0.05) is 25.7 Å². The van der Waals surface area contributed by atoms with E-state index < -0.39 is 4.92 Å². The molecule has 0 atom stereocenters. The Morgan fingerprint density at radius 2 is 2.21 bits per heavy atom. The molecule has 0 saturated heterocycles. The number of anilines is 1. The fourth-order valence-electron chi connectivity index (χ4n) is 1.48. The van der Waals surface area contributed by atoms with Gasteiger partial charge in [-0.3, -0.25) is 9.48 Å². The molecule has 0 spiro atoms. The monoisotopic (exact) mass is 264 g/mol. The van der Waals surface area contributed by atoms with Crippen molar-refractivity contribution in [3.8, 4) is 0 Å². The van der Waals surface area contributed by atoms with Crippen LogP contribution in [0.4, 0.5) is 11.6 Å². The highest BCUT2D eigenvalue weighted by Gasteiger charge is 2.12. The number of rotatable bonds is 5. The molecule has 2 rings (SSSR count). The van der Waals surface area contributed by atoms with Crippen molar-refractivity contribution < 1.29 is 9.72 Å². The van der Waals surface area contributed by atoms with Crippen LogP contribution in [-0.2, 0) is 18.4 Å². The minimum Gasteiger partial charge on any atom is -0.358 e. The van der Waals surface area contributed by atoms with Gasteiger partial charge in [0.05, 0.1) is 23.9 Å². The molecule has 0 radical (unpaired) electrons. The van der Waals surface area contributed by atoms with Gasteiger partial charge in [-0.1, -0.05) is 0 Å². The van der Waals surface area contributed by atoms with E-state index in [4.69, 9.17) is 0 Å². The minimum absolute atomic E-state index is 0.162. The van der Waals surface area contributed by atoms with Crippen LogP contribution < -0.4 is 5.32 Å². The van der Waals surface area contributed by atoms with Crippen LogP contribution in [0.5, 0.6) is 0 Å². The SMILES string of the molecule is Cn1ccc(NC(=O)CCn2ccc([N+](=O)[O-])n2)n1. The molecule has 1 amide bonds. The molecule has 0 aliphatic carbocycles. The van der Waals surface area contributed by atoms with Crippen molar-refractivity contribution in [1.29, 1.82) is 0 Å². The number of nitro groups is 1. The molecule has 0 aliphatic rings. The van der Waals surface area contributed by atoms with Crippen LogP contribution in [0, 0.1) is 10.1 Å². The molecule has 0 aromatic carbocycles. The van der Waals surface area contributed by atoms with Gasteiger partial charge in [0.15, 0.2) is 5.82 Å². The predicted molar refractivity (Wildman–Crippen MR) is 65.3 cm³/mol. The Bertz CT molecular complexity index is 602. The van der Waals surface area contributed by atoms with E-state index in [1.807, 2.05) is 0 Å². The quantitative estimate of drug-likeness (QED) is 0.626. The smallest absolute Gasteiger partial charge is 0.358 e. The van der Waals surface area contributed by atoms with Gasteiger partial charge in [0.1, 0.15) is 0 Å². The lowest BCUT2D eigenvalue weighted by molar-refractivity contribution is -0.389. The molecule has 0 bridgehead atoms. The molecular formula is C10H12N6O3. The van der Waals surface area contributed by atoms with E-state index in [1.54, 1.807) is 24.0 Å². The Labute approximate surface area is 108 Å². The van der Waals surface area contributed by atoms with Crippen molar-refractivity contribution in [2.45, 2.75) is 13.0 Å². The first kappa shape index (κ1) is 12.7. The number of hydrogen-bond donors (Lipinski definition) is 1. The summed E-state index contributed by atoms with van der Waals surface area (Å²) < 4.78 is 2.93. The number of aromatic nitrogens is 4. The largest absolute Gasteiger partial charge is 0.389 e. The first-order chi connectivity index (χ1) is 9.04. The number of nitrogens with zero attached hydrogens (tertiary/aromatic N) is 5. The molecule has 9 heteroatoms. The first-order valence-corrected chi connectivity index (χ1v) is 5.52. The van der Waals surface area contributed by atoms with Crippen molar-refractivity contribution in [3.63, 3.8) is 0 Å². The highest BCUT2D eigenvalue weighted by atomic mass is 16.6. The lowest BCUT2D eigenvalue weighted by Gasteiger charge is -2.00. The fourth-order valence-corrected chi connectivity index (χ4v) is 1.48. The summed E-state index contributed by atoms with van der Waals surface area (Å²) in [6.45, 7) is 0.270. The van der Waals surface area contributed by atoms with Crippen molar-refractivity contribution in [2.24, 2.45) is 7.05 Å². The van der Waals surface area contributed by atoms with Crippen LogP contribution in [0.25, 0.3) is 0 Å². The first-order valence-electron chi connectivity index (χ1n) is 5.52. The summed E-state index contributed by atoms with van der Waals surface area (Å²) in [7, 11) is 1.75. The molecule has 19 heavy (non-hydrogen) atoms. The van der Waals surface area contributed by atoms with E-state index in [0.29, 0.717) is 5.82 Å². The predicted octanol–water partition coefficient (Wildman–Crippen LogP) is 0.554. The average Bonchev–Trinajstić information content (AvgIpc) is 2.96. The number of hydrogen-bond acceptors (Lipinski definition) is 5. The van der Waals surface area contributed by atoms with Crippen molar-refractivity contribution >= 4 is 17.5 Å². The Morgan fingerprint density at radius 1 is 1.42 bits per heavy atom. The summed E-state index contributed by atoms with van der Waals surface area (Å²) in [5, 5.41) is 20.8. The Balaban J connectivity index is 1.84. The van der Waals surface area contributed by atoms with Crippen molar-refractivity contribution in [1.82, 2.24) is 19.6 Å². The lowest BCUT2D eigenvalue weighted by Crippen LogP contribution is -2.15. The summed E-state index contributed by atoms with van der Waals surface area (Å²) in [5.41, 5.74) is 0. The second kappa shape index (κ2) is 5.29. The molecular weight excluding hydrogens is 252 g/mol. The third kappa shape index (κ3) is 3.37. The van der Waals surface area contributed by atoms with Gasteiger partial charge in [-0.2, -0.15) is 9.78 Å². The van der Waals surface area contributed by atoms with E-state index in [-0.39, 0.29) is 24.7 Å². The zero-order chi connectivity index (χ0) is 13.8. The molecule has 2 aromatic rings. The molecule has 0 fully saturated rings. The van der Waals surface area contributed by atoms with E-state index in [0.717, 1.165) is 0 Å². The number of aryl methyl sites for hydroxylation is 2. The number of nitrogens with one attached hydrogen (secondary N) is 1. The minimum atomic E-state index is -0.579. The van der Waals surface area contributed by atoms with Gasteiger partial charge in [-0.25, -0.2) is 0 Å². The van der Waals surface area contributed by atoms with Crippen LogP contribution in [0.2, 0.25) is 0 Å². The molecule has 0 aliphatic heterocycles. The van der Waals surface area contributed by atoms with E-state index >= 15 is 0 Å². The van der Waals surface area contributed by atoms with Gasteiger partial charge < -0.3 is 15.4 Å². The third-order valence-electron chi connectivity index (χ3n) is 2.36. The standard InChI is InChI=1S/C10H12N6O3/c1-14-5-2-8(12-14)11-10(17)4-7-15-6-3-9(13-15)16(18)19/h2-3,5-6H,4,7H2,1H3,(H,11,12,17). The van der Waals surface area contributed by atoms with E-state index in [9.17, 15) is 14.9 Å². The van der Waals surface area contributed by atoms with Crippen LogP contribution in [0.3, 0.4) is 0 Å². The number of amides is 1. The second-order valence-electron chi connectivity index (χ2n) is 3.87. The van der Waals surface area contributed by atoms with E-state index in [2.05, 4.69) is 15.5 Å². The Morgan fingerprint density at radius 3 is 2.79 bits per heavy atom. The molecule has 0 saturated carbocycles. The van der Waals surface area contributed by atoms with Gasteiger partial charge in [0.2, 0.25) is 5.91 Å². The Kier molecular flexibility index (Phi) is 3.55. The second-order valence-corrected chi connectivity index (χ2v) is 3.87. The molecule has 100 valence electrons. The van der Waals surface area contributed by atoms with Crippen LogP contribution in [0.1, 0.15) is 6.42 Å². The molecule has 2 heterocycles. The van der Waals surface area contributed by atoms with E-state index in [1.165, 1.54) is 16.9 Å². The highest BCUT2D eigenvalue weighted by molar-refractivity contribution is 5.89. The highest BCUT2D eigenvalue weighted by Crippen LogP contribution is 2.06. The van der Waals surface area contributed by atoms with Gasteiger partial charge >= 0.3 is 5.82 Å². The van der Waals surface area contributed by atoms with Gasteiger partial charge in [0.25, 0.3) is 0 Å². The summed E-state index contributed by atoms with van der Waals surface area (Å²) in [6.07, 6.45) is 3.34. The maximum atomic E-state index is 11.6. The van der Waals surface area contributed by atoms with Crippen LogP contribution in [0.15, 0.2) is 24.5 Å². The van der Waals surface area contributed by atoms with Gasteiger partial charge in [-0.15, -0.1) is 0 Å². The maximum Gasteiger partial charge on any atom is 0.389 e. The normalized spacial score (nSPS) is 10.4. The molecule has 1 N–H and O–H groups in total. The number of carbonyl (C=O) groups excluding carboxylic acids is 1. The number of carbonyl (C=O) groups is 1. The topological polar surface area (TPSA) is 108 Å². The van der Waals surface area contributed by atoms with Gasteiger partial charge in [-0.05, 0) is 4.92 Å². The average molecular weight is 264 g/mol. The van der Waals surface area contributed by atoms with Crippen molar-refractivity contribution in [2.75, 3.05) is 5.32 Å². The van der Waals surface area contributed by atoms with Crippen molar-refractivity contribution in [3.05, 3.63) is 34.6 Å².